The second kappa shape index (κ2) is 4.43. The van der Waals surface area contributed by atoms with Gasteiger partial charge in [0, 0.05) is 12.8 Å². The van der Waals surface area contributed by atoms with Gasteiger partial charge in [-0.15, -0.1) is 23.2 Å². The van der Waals surface area contributed by atoms with Crippen LogP contribution < -0.4 is 0 Å². The predicted octanol–water partition coefficient (Wildman–Crippen LogP) is 2.36. The third-order valence-electron chi connectivity index (χ3n) is 2.56. The summed E-state index contributed by atoms with van der Waals surface area (Å²) in [7, 11) is 0. The lowest BCUT2D eigenvalue weighted by atomic mass is 10.1. The van der Waals surface area contributed by atoms with Crippen molar-refractivity contribution in [2.75, 3.05) is 0 Å². The summed E-state index contributed by atoms with van der Waals surface area (Å²) in [6.45, 7) is 0. The maximum absolute atomic E-state index is 10.1. The average Bonchev–Trinajstić information content (AvgIpc) is 2.60. The zero-order valence-electron chi connectivity index (χ0n) is 7.21. The fourth-order valence-corrected chi connectivity index (χ4v) is 2.66. The van der Waals surface area contributed by atoms with E-state index >= 15 is 0 Å². The summed E-state index contributed by atoms with van der Waals surface area (Å²) in [5, 5.41) is 0. The molecule has 0 aliphatic heterocycles. The molecule has 74 valence electrons. The molecule has 0 heterocycles. The van der Waals surface area contributed by atoms with E-state index in [0.717, 1.165) is 25.4 Å². The smallest absolute Gasteiger partial charge is 0.124 e. The molecule has 0 aromatic rings. The van der Waals surface area contributed by atoms with Gasteiger partial charge in [0.2, 0.25) is 0 Å². The van der Waals surface area contributed by atoms with Gasteiger partial charge in [-0.1, -0.05) is 0 Å². The summed E-state index contributed by atoms with van der Waals surface area (Å²) in [6.07, 6.45) is 4.23. The van der Waals surface area contributed by atoms with E-state index in [9.17, 15) is 9.59 Å². The second-order valence-electron chi connectivity index (χ2n) is 3.38. The van der Waals surface area contributed by atoms with Crippen LogP contribution in [-0.2, 0) is 9.59 Å². The minimum Gasteiger partial charge on any atom is -0.303 e. The fourth-order valence-electron chi connectivity index (χ4n) is 1.74. The molecule has 4 heteroatoms. The van der Waals surface area contributed by atoms with Crippen LogP contribution in [0.3, 0.4) is 0 Å². The molecule has 0 aromatic carbocycles. The molecular weight excluding hydrogens is 211 g/mol. The Hall–Kier alpha value is -0.0800. The molecule has 13 heavy (non-hydrogen) atoms. The van der Waals surface area contributed by atoms with E-state index in [1.54, 1.807) is 0 Å². The third kappa shape index (κ3) is 2.44. The average molecular weight is 223 g/mol. The molecule has 0 spiro atoms. The minimum absolute atomic E-state index is 0.195. The third-order valence-corrected chi connectivity index (χ3v) is 3.68. The maximum atomic E-state index is 10.1. The summed E-state index contributed by atoms with van der Waals surface area (Å²) in [5.74, 6) is 0.391. The molecule has 2 nitrogen and oxygen atoms in total. The van der Waals surface area contributed by atoms with Crippen molar-refractivity contribution in [1.29, 1.82) is 0 Å². The molecule has 0 bridgehead atoms. The molecule has 1 aliphatic rings. The number of carbonyl (C=O) groups is 2. The molecule has 0 amide bonds. The first-order chi connectivity index (χ1) is 6.14. The predicted molar refractivity (Wildman–Crippen MR) is 52.0 cm³/mol. The van der Waals surface area contributed by atoms with Crippen LogP contribution in [0.5, 0.6) is 0 Å². The highest BCUT2D eigenvalue weighted by molar-refractivity contribution is 6.51. The van der Waals surface area contributed by atoms with Gasteiger partial charge in [-0.3, -0.25) is 0 Å². The second-order valence-corrected chi connectivity index (χ2v) is 4.82. The highest BCUT2D eigenvalue weighted by Gasteiger charge is 2.61. The van der Waals surface area contributed by atoms with Crippen molar-refractivity contribution < 1.29 is 9.59 Å². The van der Waals surface area contributed by atoms with Gasteiger partial charge in [-0.05, 0) is 24.7 Å². The van der Waals surface area contributed by atoms with Crippen molar-refractivity contribution >= 4 is 35.8 Å². The Kier molecular flexibility index (Phi) is 3.74. The number of aldehydes is 2. The lowest BCUT2D eigenvalue weighted by molar-refractivity contribution is -0.108. The van der Waals surface area contributed by atoms with Gasteiger partial charge in [0.15, 0.2) is 0 Å². The van der Waals surface area contributed by atoms with E-state index in [1.165, 1.54) is 0 Å². The zero-order chi connectivity index (χ0) is 9.90. The summed E-state index contributed by atoms with van der Waals surface area (Å²) in [5.41, 5.74) is 0. The summed E-state index contributed by atoms with van der Waals surface area (Å²) >= 11 is 12.0. The van der Waals surface area contributed by atoms with Crippen LogP contribution in [0.15, 0.2) is 0 Å². The molecule has 0 saturated heterocycles. The summed E-state index contributed by atoms with van der Waals surface area (Å²) < 4.78 is -0.688. The lowest BCUT2D eigenvalue weighted by Gasteiger charge is -1.93. The topological polar surface area (TPSA) is 34.1 Å². The van der Waals surface area contributed by atoms with Gasteiger partial charge >= 0.3 is 0 Å². The SMILES string of the molecule is O=CCC[C@@H]1[C@H](CCC=O)C1(Cl)Cl. The number of alkyl halides is 2. The number of carbonyl (C=O) groups excluding carboxylic acids is 2. The van der Waals surface area contributed by atoms with E-state index in [2.05, 4.69) is 0 Å². The van der Waals surface area contributed by atoms with Gasteiger partial charge in [0.25, 0.3) is 0 Å². The maximum Gasteiger partial charge on any atom is 0.124 e. The van der Waals surface area contributed by atoms with Crippen LogP contribution in [0, 0.1) is 11.8 Å². The summed E-state index contributed by atoms with van der Waals surface area (Å²) in [6, 6.07) is 0. The highest BCUT2D eigenvalue weighted by atomic mass is 35.5. The van der Waals surface area contributed by atoms with Crippen molar-refractivity contribution in [3.8, 4) is 0 Å². The Morgan fingerprint density at radius 2 is 1.38 bits per heavy atom. The molecule has 2 atom stereocenters. The van der Waals surface area contributed by atoms with Crippen molar-refractivity contribution in [3.05, 3.63) is 0 Å². The van der Waals surface area contributed by atoms with Gasteiger partial charge in [0.05, 0.1) is 0 Å². The van der Waals surface area contributed by atoms with E-state index in [-0.39, 0.29) is 11.8 Å². The van der Waals surface area contributed by atoms with Crippen molar-refractivity contribution in [2.45, 2.75) is 30.0 Å². The first kappa shape index (κ1) is 11.0. The van der Waals surface area contributed by atoms with Crippen molar-refractivity contribution in [2.24, 2.45) is 11.8 Å². The normalized spacial score (nSPS) is 29.7. The van der Waals surface area contributed by atoms with Gasteiger partial charge < -0.3 is 9.59 Å². The zero-order valence-corrected chi connectivity index (χ0v) is 8.72. The molecule has 1 rings (SSSR count). The van der Waals surface area contributed by atoms with Crippen molar-refractivity contribution in [1.82, 2.24) is 0 Å². The monoisotopic (exact) mass is 222 g/mol. The van der Waals surface area contributed by atoms with E-state index in [0.29, 0.717) is 12.8 Å². The van der Waals surface area contributed by atoms with Crippen LogP contribution in [0.1, 0.15) is 25.7 Å². The molecule has 1 fully saturated rings. The Balaban J connectivity index is 2.31. The number of halogens is 2. The fraction of sp³-hybridized carbons (Fsp3) is 0.778. The first-order valence-corrected chi connectivity index (χ1v) is 5.15. The largest absolute Gasteiger partial charge is 0.303 e. The van der Waals surface area contributed by atoms with Crippen LogP contribution >= 0.6 is 23.2 Å². The molecule has 0 N–H and O–H groups in total. The highest BCUT2D eigenvalue weighted by Crippen LogP contribution is 2.62. The van der Waals surface area contributed by atoms with Gasteiger partial charge in [-0.25, -0.2) is 0 Å². The van der Waals surface area contributed by atoms with E-state index < -0.39 is 4.33 Å². The van der Waals surface area contributed by atoms with Crippen LogP contribution in [0.2, 0.25) is 0 Å². The molecule has 1 aliphatic carbocycles. The van der Waals surface area contributed by atoms with Crippen LogP contribution in [-0.4, -0.2) is 16.9 Å². The standard InChI is InChI=1S/C9H12Cl2O2/c10-9(11)7(3-1-5-12)8(9)4-2-6-13/h5-8H,1-4H2/t7-,8+. The molecular formula is C9H12Cl2O2. The number of hydrogen-bond donors (Lipinski definition) is 0. The van der Waals surface area contributed by atoms with E-state index in [1.807, 2.05) is 0 Å². The van der Waals surface area contributed by atoms with Crippen LogP contribution in [0.4, 0.5) is 0 Å². The Morgan fingerprint density at radius 3 is 1.69 bits per heavy atom. The first-order valence-electron chi connectivity index (χ1n) is 4.39. The van der Waals surface area contributed by atoms with E-state index in [4.69, 9.17) is 23.2 Å². The molecule has 0 aromatic heterocycles. The Morgan fingerprint density at radius 1 is 1.00 bits per heavy atom. The Bertz CT molecular complexity index is 184. The minimum atomic E-state index is -0.688. The van der Waals surface area contributed by atoms with Gasteiger partial charge in [-0.2, -0.15) is 0 Å². The summed E-state index contributed by atoms with van der Waals surface area (Å²) in [4.78, 5) is 20.3. The number of hydrogen-bond acceptors (Lipinski definition) is 2. The van der Waals surface area contributed by atoms with Gasteiger partial charge in [0.1, 0.15) is 16.9 Å². The number of rotatable bonds is 6. The van der Waals surface area contributed by atoms with Crippen LogP contribution in [0.25, 0.3) is 0 Å². The molecule has 0 radical (unpaired) electrons. The quantitative estimate of drug-likeness (QED) is 0.511. The Labute approximate surface area is 87.6 Å². The molecule has 0 unspecified atom stereocenters. The van der Waals surface area contributed by atoms with Crippen molar-refractivity contribution in [3.63, 3.8) is 0 Å². The molecule has 1 saturated carbocycles. The lowest BCUT2D eigenvalue weighted by Crippen LogP contribution is -1.91.